The molecule has 1 aromatic rings. The van der Waals surface area contributed by atoms with E-state index in [9.17, 15) is 9.90 Å². The number of hydrogen-bond donors (Lipinski definition) is 1. The van der Waals surface area contributed by atoms with E-state index in [1.165, 1.54) is 0 Å². The number of carbonyl (C=O) groups excluding carboxylic acids is 1. The number of rotatable bonds is 0. The van der Waals surface area contributed by atoms with Crippen LogP contribution < -0.4 is 4.90 Å². The number of benzene rings is 1. The molecule has 0 aromatic heterocycles. The molecule has 4 atom stereocenters. The van der Waals surface area contributed by atoms with Gasteiger partial charge in [-0.05, 0) is 30.4 Å². The Morgan fingerprint density at radius 1 is 1.33 bits per heavy atom. The maximum atomic E-state index is 12.5. The van der Waals surface area contributed by atoms with Crippen molar-refractivity contribution < 1.29 is 9.90 Å². The van der Waals surface area contributed by atoms with E-state index in [-0.39, 0.29) is 17.7 Å². The minimum absolute atomic E-state index is 0.0323. The van der Waals surface area contributed by atoms with Crippen LogP contribution in [0.3, 0.4) is 0 Å². The third kappa shape index (κ3) is 0.948. The van der Waals surface area contributed by atoms with E-state index in [0.29, 0.717) is 5.92 Å². The lowest BCUT2D eigenvalue weighted by molar-refractivity contribution is -0.177. The number of anilines is 1. The molecule has 0 spiro atoms. The number of fused-ring (bicyclic) bond motifs is 6. The first-order valence-corrected chi connectivity index (χ1v) is 6.75. The molecule has 3 nitrogen and oxygen atoms in total. The van der Waals surface area contributed by atoms with Crippen molar-refractivity contribution in [2.75, 3.05) is 11.9 Å². The second kappa shape index (κ2) is 3.15. The zero-order valence-electron chi connectivity index (χ0n) is 10.5. The van der Waals surface area contributed by atoms with Crippen LogP contribution in [0.2, 0.25) is 0 Å². The van der Waals surface area contributed by atoms with Crippen LogP contribution in [0.1, 0.15) is 30.7 Å². The fourth-order valence-electron chi connectivity index (χ4n) is 4.57. The van der Waals surface area contributed by atoms with Crippen LogP contribution in [0, 0.1) is 11.8 Å². The highest BCUT2D eigenvalue weighted by Gasteiger charge is 2.69. The quantitative estimate of drug-likeness (QED) is 0.756. The summed E-state index contributed by atoms with van der Waals surface area (Å²) in [5.41, 5.74) is 1.01. The van der Waals surface area contributed by atoms with Crippen LogP contribution in [0.15, 0.2) is 24.3 Å². The number of nitrogens with zero attached hydrogens (tertiary/aromatic N) is 1. The fourth-order valence-corrected chi connectivity index (χ4v) is 4.57. The molecule has 0 saturated heterocycles. The van der Waals surface area contributed by atoms with Gasteiger partial charge in [0.1, 0.15) is 0 Å². The van der Waals surface area contributed by atoms with Gasteiger partial charge >= 0.3 is 0 Å². The van der Waals surface area contributed by atoms with Gasteiger partial charge in [-0.2, -0.15) is 0 Å². The zero-order valence-corrected chi connectivity index (χ0v) is 10.5. The van der Waals surface area contributed by atoms with Gasteiger partial charge in [0.15, 0.2) is 5.60 Å². The highest BCUT2D eigenvalue weighted by Crippen LogP contribution is 2.65. The molecule has 2 aliphatic carbocycles. The molecule has 2 saturated carbocycles. The molecule has 3 heteroatoms. The van der Waals surface area contributed by atoms with Crippen molar-refractivity contribution in [2.24, 2.45) is 11.8 Å². The number of para-hydroxylation sites is 1. The summed E-state index contributed by atoms with van der Waals surface area (Å²) in [6.07, 6.45) is 3.30. The summed E-state index contributed by atoms with van der Waals surface area (Å²) in [6, 6.07) is 8.01. The zero-order chi connectivity index (χ0) is 12.5. The Kier molecular flexibility index (Phi) is 1.85. The number of carbonyl (C=O) groups is 1. The first-order chi connectivity index (χ1) is 8.65. The predicted molar refractivity (Wildman–Crippen MR) is 68.4 cm³/mol. The second-order valence-electron chi connectivity index (χ2n) is 5.93. The molecule has 1 amide bonds. The van der Waals surface area contributed by atoms with Crippen molar-refractivity contribution in [1.82, 2.24) is 0 Å². The van der Waals surface area contributed by atoms with Gasteiger partial charge in [0.25, 0.3) is 5.91 Å². The van der Waals surface area contributed by atoms with E-state index >= 15 is 0 Å². The van der Waals surface area contributed by atoms with E-state index in [2.05, 4.69) is 6.07 Å². The molecule has 94 valence electrons. The lowest BCUT2D eigenvalue weighted by atomic mass is 9.50. The smallest absolute Gasteiger partial charge is 0.259 e. The summed E-state index contributed by atoms with van der Waals surface area (Å²) in [5.74, 6) is 0.624. The molecule has 2 fully saturated rings. The normalized spacial score (nSPS) is 40.9. The largest absolute Gasteiger partial charge is 0.379 e. The molecular formula is C15H17NO2. The summed E-state index contributed by atoms with van der Waals surface area (Å²) >= 11 is 0. The Morgan fingerprint density at radius 3 is 2.94 bits per heavy atom. The molecule has 0 radical (unpaired) electrons. The third-order valence-electron chi connectivity index (χ3n) is 5.32. The van der Waals surface area contributed by atoms with Crippen LogP contribution in [-0.4, -0.2) is 23.7 Å². The Bertz CT molecular complexity index is 541. The highest BCUT2D eigenvalue weighted by atomic mass is 16.3. The van der Waals surface area contributed by atoms with E-state index in [0.717, 1.165) is 30.5 Å². The Labute approximate surface area is 106 Å². The maximum absolute atomic E-state index is 12.5. The van der Waals surface area contributed by atoms with E-state index in [1.54, 1.807) is 11.9 Å². The average Bonchev–Trinajstić information content (AvgIpc) is 2.81. The summed E-state index contributed by atoms with van der Waals surface area (Å²) in [4.78, 5) is 14.1. The van der Waals surface area contributed by atoms with Crippen LogP contribution in [0.4, 0.5) is 5.69 Å². The minimum Gasteiger partial charge on any atom is -0.379 e. The van der Waals surface area contributed by atoms with Gasteiger partial charge in [-0.1, -0.05) is 24.6 Å². The molecule has 1 heterocycles. The monoisotopic (exact) mass is 243 g/mol. The molecule has 0 unspecified atom stereocenters. The van der Waals surface area contributed by atoms with Crippen molar-refractivity contribution in [3.8, 4) is 0 Å². The topological polar surface area (TPSA) is 40.5 Å². The molecule has 3 aliphatic rings. The van der Waals surface area contributed by atoms with Gasteiger partial charge in [0.2, 0.25) is 0 Å². The Balaban J connectivity index is 1.92. The molecule has 4 rings (SSSR count). The van der Waals surface area contributed by atoms with Crippen molar-refractivity contribution in [3.05, 3.63) is 29.8 Å². The number of aliphatic hydroxyl groups is 1. The first-order valence-electron chi connectivity index (χ1n) is 6.75. The number of hydrogen-bond acceptors (Lipinski definition) is 2. The van der Waals surface area contributed by atoms with Gasteiger partial charge in [-0.15, -0.1) is 0 Å². The average molecular weight is 243 g/mol. The predicted octanol–water partition coefficient (Wildman–Crippen LogP) is 1.91. The summed E-state index contributed by atoms with van der Waals surface area (Å²) in [6.45, 7) is 0. The lowest BCUT2D eigenvalue weighted by Gasteiger charge is -2.59. The second-order valence-corrected chi connectivity index (χ2v) is 5.93. The molecule has 18 heavy (non-hydrogen) atoms. The maximum Gasteiger partial charge on any atom is 0.259 e. The van der Waals surface area contributed by atoms with Gasteiger partial charge in [-0.3, -0.25) is 4.79 Å². The third-order valence-corrected chi connectivity index (χ3v) is 5.32. The minimum atomic E-state index is -1.12. The van der Waals surface area contributed by atoms with Crippen molar-refractivity contribution in [1.29, 1.82) is 0 Å². The Hall–Kier alpha value is -1.35. The number of amides is 1. The summed E-state index contributed by atoms with van der Waals surface area (Å²) in [7, 11) is 1.78. The molecular weight excluding hydrogens is 226 g/mol. The van der Waals surface area contributed by atoms with Gasteiger partial charge < -0.3 is 10.0 Å². The highest BCUT2D eigenvalue weighted by molar-refractivity contribution is 6.04. The SMILES string of the molecule is CN1C(=O)[C@]2(O)[C@H]3CCC[C@H]3[C@@H]2c2ccccc21. The molecule has 1 N–H and O–H groups in total. The molecule has 0 bridgehead atoms. The molecule has 1 aliphatic heterocycles. The summed E-state index contributed by atoms with van der Waals surface area (Å²) < 4.78 is 0. The van der Waals surface area contributed by atoms with Gasteiger partial charge in [0, 0.05) is 24.6 Å². The Morgan fingerprint density at radius 2 is 2.11 bits per heavy atom. The number of likely N-dealkylation sites (N-methyl/N-ethyl adjacent to an activating group) is 1. The van der Waals surface area contributed by atoms with Crippen molar-refractivity contribution in [3.63, 3.8) is 0 Å². The van der Waals surface area contributed by atoms with Crippen LogP contribution in [0.25, 0.3) is 0 Å². The van der Waals surface area contributed by atoms with E-state index in [1.807, 2.05) is 18.2 Å². The van der Waals surface area contributed by atoms with Gasteiger partial charge in [-0.25, -0.2) is 0 Å². The van der Waals surface area contributed by atoms with Crippen molar-refractivity contribution >= 4 is 11.6 Å². The standard InChI is InChI=1S/C15H17NO2/c1-16-12-8-3-2-5-10(12)13-9-6-4-7-11(9)15(13,18)14(16)17/h2-3,5,8-9,11,13,18H,4,6-7H2,1H3/t9-,11+,13-,15+/m1/s1. The molecule has 1 aromatic carbocycles. The van der Waals surface area contributed by atoms with Gasteiger partial charge in [0.05, 0.1) is 0 Å². The van der Waals surface area contributed by atoms with Crippen molar-refractivity contribution in [2.45, 2.75) is 30.8 Å². The van der Waals surface area contributed by atoms with Crippen LogP contribution >= 0.6 is 0 Å². The lowest BCUT2D eigenvalue weighted by Crippen LogP contribution is -2.69. The van der Waals surface area contributed by atoms with Crippen LogP contribution in [-0.2, 0) is 4.79 Å². The fraction of sp³-hybridized carbons (Fsp3) is 0.533. The van der Waals surface area contributed by atoms with Crippen LogP contribution in [0.5, 0.6) is 0 Å². The summed E-state index contributed by atoms with van der Waals surface area (Å²) in [5, 5.41) is 10.9. The van der Waals surface area contributed by atoms with E-state index in [4.69, 9.17) is 0 Å². The first kappa shape index (κ1) is 10.6. The van der Waals surface area contributed by atoms with E-state index < -0.39 is 5.60 Å².